The van der Waals surface area contributed by atoms with Gasteiger partial charge in [-0.1, -0.05) is 12.8 Å². The molecule has 0 saturated heterocycles. The number of hydrogen-bond donors (Lipinski definition) is 1. The van der Waals surface area contributed by atoms with Crippen LogP contribution in [0.4, 0.5) is 0 Å². The van der Waals surface area contributed by atoms with Crippen molar-refractivity contribution in [3.8, 4) is 0 Å². The quantitative estimate of drug-likeness (QED) is 0.876. The third-order valence-corrected chi connectivity index (χ3v) is 4.42. The molecule has 1 heterocycles. The third kappa shape index (κ3) is 2.43. The van der Waals surface area contributed by atoms with E-state index in [1.807, 2.05) is 10.6 Å². The lowest BCUT2D eigenvalue weighted by Crippen LogP contribution is -2.25. The van der Waals surface area contributed by atoms with Gasteiger partial charge in [0.15, 0.2) is 0 Å². The SMILES string of the molecule is COCNC(=O)c1ccc2c(c1)n(C)c(=O)n2C1CCCC1. The number of methoxy groups -OCH3 is 1. The summed E-state index contributed by atoms with van der Waals surface area (Å²) in [5, 5.41) is 2.65. The molecule has 1 aromatic carbocycles. The Morgan fingerprint density at radius 1 is 1.32 bits per heavy atom. The summed E-state index contributed by atoms with van der Waals surface area (Å²) in [5.74, 6) is -0.204. The molecule has 0 aliphatic heterocycles. The van der Waals surface area contributed by atoms with Crippen LogP contribution < -0.4 is 11.0 Å². The minimum absolute atomic E-state index is 0.00338. The highest BCUT2D eigenvalue weighted by Gasteiger charge is 2.23. The number of aryl methyl sites for hydroxylation is 1. The van der Waals surface area contributed by atoms with Crippen molar-refractivity contribution in [1.29, 1.82) is 0 Å². The number of amides is 1. The van der Waals surface area contributed by atoms with E-state index in [1.54, 1.807) is 23.7 Å². The molecule has 0 atom stereocenters. The van der Waals surface area contributed by atoms with Crippen LogP contribution in [0.5, 0.6) is 0 Å². The first-order valence-electron chi connectivity index (χ1n) is 7.61. The number of fused-ring (bicyclic) bond motifs is 1. The highest BCUT2D eigenvalue weighted by atomic mass is 16.5. The zero-order valence-corrected chi connectivity index (χ0v) is 13.0. The molecule has 1 amide bonds. The van der Waals surface area contributed by atoms with Crippen LogP contribution in [-0.2, 0) is 11.8 Å². The van der Waals surface area contributed by atoms with Crippen LogP contribution in [0.15, 0.2) is 23.0 Å². The predicted molar refractivity (Wildman–Crippen MR) is 84.0 cm³/mol. The second-order valence-corrected chi connectivity index (χ2v) is 5.79. The minimum Gasteiger partial charge on any atom is -0.364 e. The van der Waals surface area contributed by atoms with Gasteiger partial charge in [-0.3, -0.25) is 13.9 Å². The lowest BCUT2D eigenvalue weighted by Gasteiger charge is -2.11. The molecule has 1 aliphatic rings. The van der Waals surface area contributed by atoms with Crippen LogP contribution in [0.3, 0.4) is 0 Å². The van der Waals surface area contributed by atoms with E-state index >= 15 is 0 Å². The number of hydrogen-bond acceptors (Lipinski definition) is 3. The molecular formula is C16H21N3O3. The Labute approximate surface area is 128 Å². The summed E-state index contributed by atoms with van der Waals surface area (Å²) in [7, 11) is 3.28. The van der Waals surface area contributed by atoms with E-state index in [1.165, 1.54) is 20.0 Å². The molecule has 1 N–H and O–H groups in total. The van der Waals surface area contributed by atoms with Crippen molar-refractivity contribution in [3.63, 3.8) is 0 Å². The average molecular weight is 303 g/mol. The summed E-state index contributed by atoms with van der Waals surface area (Å²) in [6, 6.07) is 5.69. The molecule has 118 valence electrons. The largest absolute Gasteiger partial charge is 0.364 e. The van der Waals surface area contributed by atoms with E-state index in [2.05, 4.69) is 5.32 Å². The summed E-state index contributed by atoms with van der Waals surface area (Å²) >= 11 is 0. The number of carbonyl (C=O) groups is 1. The van der Waals surface area contributed by atoms with Crippen LogP contribution >= 0.6 is 0 Å². The van der Waals surface area contributed by atoms with Gasteiger partial charge in [0.1, 0.15) is 6.73 Å². The maximum absolute atomic E-state index is 12.5. The molecule has 1 aromatic heterocycles. The van der Waals surface area contributed by atoms with Crippen molar-refractivity contribution in [1.82, 2.24) is 14.5 Å². The zero-order chi connectivity index (χ0) is 15.7. The van der Waals surface area contributed by atoms with E-state index in [0.717, 1.165) is 23.9 Å². The molecule has 6 nitrogen and oxygen atoms in total. The van der Waals surface area contributed by atoms with E-state index < -0.39 is 0 Å². The van der Waals surface area contributed by atoms with Gasteiger partial charge < -0.3 is 10.1 Å². The molecule has 6 heteroatoms. The molecule has 0 radical (unpaired) electrons. The fourth-order valence-electron chi connectivity index (χ4n) is 3.26. The number of rotatable bonds is 4. The lowest BCUT2D eigenvalue weighted by molar-refractivity contribution is 0.0872. The maximum atomic E-state index is 12.5. The van der Waals surface area contributed by atoms with Crippen molar-refractivity contribution in [2.24, 2.45) is 7.05 Å². The Balaban J connectivity index is 2.04. The zero-order valence-electron chi connectivity index (χ0n) is 13.0. The fourth-order valence-corrected chi connectivity index (χ4v) is 3.26. The molecule has 1 fully saturated rings. The Morgan fingerprint density at radius 2 is 2.05 bits per heavy atom. The summed E-state index contributed by atoms with van der Waals surface area (Å²) < 4.78 is 8.36. The molecule has 2 aromatic rings. The summed E-state index contributed by atoms with van der Waals surface area (Å²) in [6.45, 7) is 0.166. The molecule has 3 rings (SSSR count). The van der Waals surface area contributed by atoms with E-state index in [-0.39, 0.29) is 24.4 Å². The number of nitrogens with one attached hydrogen (secondary N) is 1. The standard InChI is InChI=1S/C16H21N3O3/c1-18-14-9-11(15(20)17-10-22-2)7-8-13(14)19(16(18)21)12-5-3-4-6-12/h7-9,12H,3-6,10H2,1-2H3,(H,17,20). The lowest BCUT2D eigenvalue weighted by atomic mass is 10.1. The third-order valence-electron chi connectivity index (χ3n) is 4.42. The van der Waals surface area contributed by atoms with Crippen molar-refractivity contribution in [2.75, 3.05) is 13.8 Å². The van der Waals surface area contributed by atoms with Gasteiger partial charge in [-0.15, -0.1) is 0 Å². The number of benzene rings is 1. The van der Waals surface area contributed by atoms with E-state index in [4.69, 9.17) is 4.74 Å². The Hall–Kier alpha value is -2.08. The fraction of sp³-hybridized carbons (Fsp3) is 0.500. The maximum Gasteiger partial charge on any atom is 0.329 e. The van der Waals surface area contributed by atoms with Crippen LogP contribution in [0.1, 0.15) is 42.1 Å². The number of nitrogens with zero attached hydrogens (tertiary/aromatic N) is 2. The number of carbonyl (C=O) groups excluding carboxylic acids is 1. The highest BCUT2D eigenvalue weighted by molar-refractivity contribution is 5.97. The predicted octanol–water partition coefficient (Wildman–Crippen LogP) is 1.79. The summed E-state index contributed by atoms with van der Waals surface area (Å²) in [5.41, 5.74) is 2.23. The van der Waals surface area contributed by atoms with Crippen LogP contribution in [0.25, 0.3) is 11.0 Å². The van der Waals surface area contributed by atoms with E-state index in [0.29, 0.717) is 5.56 Å². The molecule has 1 aliphatic carbocycles. The van der Waals surface area contributed by atoms with Gasteiger partial charge in [-0.25, -0.2) is 4.79 Å². The van der Waals surface area contributed by atoms with Gasteiger partial charge in [0.05, 0.1) is 11.0 Å². The molecular weight excluding hydrogens is 282 g/mol. The Bertz CT molecular complexity index is 754. The van der Waals surface area contributed by atoms with Crippen molar-refractivity contribution in [2.45, 2.75) is 31.7 Å². The second-order valence-electron chi connectivity index (χ2n) is 5.79. The number of ether oxygens (including phenoxy) is 1. The topological polar surface area (TPSA) is 65.3 Å². The van der Waals surface area contributed by atoms with Crippen LogP contribution in [-0.4, -0.2) is 28.9 Å². The van der Waals surface area contributed by atoms with Gasteiger partial charge in [-0.05, 0) is 31.0 Å². The molecule has 22 heavy (non-hydrogen) atoms. The van der Waals surface area contributed by atoms with Crippen LogP contribution in [0.2, 0.25) is 0 Å². The van der Waals surface area contributed by atoms with Gasteiger partial charge in [0, 0.05) is 25.8 Å². The summed E-state index contributed by atoms with van der Waals surface area (Å²) in [6.07, 6.45) is 4.44. The Morgan fingerprint density at radius 3 is 2.73 bits per heavy atom. The number of aromatic nitrogens is 2. The number of imidazole rings is 1. The molecule has 0 spiro atoms. The second kappa shape index (κ2) is 5.96. The molecule has 0 unspecified atom stereocenters. The van der Waals surface area contributed by atoms with Gasteiger partial charge in [0.2, 0.25) is 0 Å². The van der Waals surface area contributed by atoms with E-state index in [9.17, 15) is 9.59 Å². The molecule has 1 saturated carbocycles. The monoisotopic (exact) mass is 303 g/mol. The first kappa shape index (κ1) is 14.8. The van der Waals surface area contributed by atoms with Gasteiger partial charge >= 0.3 is 5.69 Å². The smallest absolute Gasteiger partial charge is 0.329 e. The van der Waals surface area contributed by atoms with Gasteiger partial charge in [-0.2, -0.15) is 0 Å². The van der Waals surface area contributed by atoms with Gasteiger partial charge in [0.25, 0.3) is 5.91 Å². The average Bonchev–Trinajstić information content (AvgIpc) is 3.13. The highest BCUT2D eigenvalue weighted by Crippen LogP contribution is 2.31. The Kier molecular flexibility index (Phi) is 4.02. The summed E-state index contributed by atoms with van der Waals surface area (Å²) in [4.78, 5) is 24.6. The minimum atomic E-state index is -0.204. The van der Waals surface area contributed by atoms with Crippen molar-refractivity contribution in [3.05, 3.63) is 34.2 Å². The molecule has 0 bridgehead atoms. The first-order chi connectivity index (χ1) is 10.6. The van der Waals surface area contributed by atoms with Crippen molar-refractivity contribution >= 4 is 16.9 Å². The van der Waals surface area contributed by atoms with Crippen molar-refractivity contribution < 1.29 is 9.53 Å². The van der Waals surface area contributed by atoms with Crippen LogP contribution in [0, 0.1) is 0 Å². The first-order valence-corrected chi connectivity index (χ1v) is 7.61. The normalized spacial score (nSPS) is 15.5.